The van der Waals surface area contributed by atoms with Crippen molar-refractivity contribution >= 4 is 23.2 Å². The van der Waals surface area contributed by atoms with Gasteiger partial charge in [-0.1, -0.05) is 13.8 Å². The lowest BCUT2D eigenvalue weighted by Crippen LogP contribution is -2.43. The molecule has 5 nitrogen and oxygen atoms in total. The molecule has 1 saturated heterocycles. The molecule has 2 heterocycles. The number of likely N-dealkylation sites (tertiary alicyclic amines) is 1. The number of thiazole rings is 1. The summed E-state index contributed by atoms with van der Waals surface area (Å²) in [7, 11) is 1.66. The smallest absolute Gasteiger partial charge is 0.228 e. The van der Waals surface area contributed by atoms with Crippen molar-refractivity contribution in [2.45, 2.75) is 39.0 Å². The number of rotatable bonds is 4. The summed E-state index contributed by atoms with van der Waals surface area (Å²) in [5.41, 5.74) is 0.863. The molecule has 1 N–H and O–H groups in total. The lowest BCUT2D eigenvalue weighted by molar-refractivity contribution is -0.135. The van der Waals surface area contributed by atoms with Crippen LogP contribution in [-0.4, -0.2) is 41.8 Å². The van der Waals surface area contributed by atoms with E-state index in [-0.39, 0.29) is 17.7 Å². The van der Waals surface area contributed by atoms with Gasteiger partial charge in [-0.15, -0.1) is 11.3 Å². The molecule has 1 fully saturated rings. The van der Waals surface area contributed by atoms with Gasteiger partial charge in [0.2, 0.25) is 11.8 Å². The molecular weight excluding hydrogens is 286 g/mol. The highest BCUT2D eigenvalue weighted by Crippen LogP contribution is 2.21. The fraction of sp³-hybridized carbons (Fsp3) is 0.667. The highest BCUT2D eigenvalue weighted by atomic mass is 32.1. The van der Waals surface area contributed by atoms with Crippen LogP contribution in [-0.2, 0) is 16.0 Å². The fourth-order valence-corrected chi connectivity index (χ4v) is 3.37. The van der Waals surface area contributed by atoms with E-state index >= 15 is 0 Å². The molecule has 0 bridgehead atoms. The van der Waals surface area contributed by atoms with E-state index in [1.807, 2.05) is 10.3 Å². The Hall–Kier alpha value is -1.43. The molecule has 2 amide bonds. The number of hydrogen-bond acceptors (Lipinski definition) is 4. The molecule has 6 heteroatoms. The van der Waals surface area contributed by atoms with Gasteiger partial charge in [-0.3, -0.25) is 9.59 Å². The van der Waals surface area contributed by atoms with Gasteiger partial charge in [0.15, 0.2) is 0 Å². The van der Waals surface area contributed by atoms with Crippen molar-refractivity contribution in [1.29, 1.82) is 0 Å². The van der Waals surface area contributed by atoms with Crippen LogP contribution in [0.1, 0.15) is 43.3 Å². The van der Waals surface area contributed by atoms with Gasteiger partial charge in [-0.05, 0) is 12.8 Å². The Morgan fingerprint density at radius 2 is 2.10 bits per heavy atom. The zero-order valence-electron chi connectivity index (χ0n) is 12.9. The Bertz CT molecular complexity index is 505. The number of aromatic nitrogens is 1. The summed E-state index contributed by atoms with van der Waals surface area (Å²) >= 11 is 1.62. The number of nitrogens with zero attached hydrogens (tertiary/aromatic N) is 2. The van der Waals surface area contributed by atoms with E-state index in [0.29, 0.717) is 25.4 Å². The van der Waals surface area contributed by atoms with Gasteiger partial charge in [0.05, 0.1) is 17.1 Å². The molecule has 1 aliphatic heterocycles. The van der Waals surface area contributed by atoms with Crippen LogP contribution >= 0.6 is 11.3 Å². The number of carbonyl (C=O) groups is 2. The lowest BCUT2D eigenvalue weighted by Gasteiger charge is -2.31. The maximum Gasteiger partial charge on any atom is 0.228 e. The second-order valence-electron chi connectivity index (χ2n) is 5.78. The second-order valence-corrected chi connectivity index (χ2v) is 6.67. The first-order valence-electron chi connectivity index (χ1n) is 7.45. The van der Waals surface area contributed by atoms with E-state index in [2.05, 4.69) is 24.1 Å². The van der Waals surface area contributed by atoms with Crippen LogP contribution in [0.2, 0.25) is 0 Å². The van der Waals surface area contributed by atoms with E-state index in [9.17, 15) is 9.59 Å². The zero-order valence-corrected chi connectivity index (χ0v) is 13.7. The number of hydrogen-bond donors (Lipinski definition) is 1. The van der Waals surface area contributed by atoms with Crippen LogP contribution in [0.15, 0.2) is 5.38 Å². The largest absolute Gasteiger partial charge is 0.359 e. The fourth-order valence-electron chi connectivity index (χ4n) is 2.53. The molecule has 0 atom stereocenters. The van der Waals surface area contributed by atoms with E-state index in [1.165, 1.54) is 0 Å². The first-order chi connectivity index (χ1) is 10.0. The Morgan fingerprint density at radius 3 is 2.62 bits per heavy atom. The normalized spacial score (nSPS) is 16.3. The van der Waals surface area contributed by atoms with Gasteiger partial charge >= 0.3 is 0 Å². The van der Waals surface area contributed by atoms with Crippen LogP contribution < -0.4 is 5.32 Å². The van der Waals surface area contributed by atoms with Crippen LogP contribution in [0, 0.1) is 5.92 Å². The lowest BCUT2D eigenvalue weighted by atomic mass is 9.96. The van der Waals surface area contributed by atoms with Gasteiger partial charge in [0, 0.05) is 37.4 Å². The van der Waals surface area contributed by atoms with Gasteiger partial charge in [0.25, 0.3) is 0 Å². The van der Waals surface area contributed by atoms with Crippen LogP contribution in [0.5, 0.6) is 0 Å². The summed E-state index contributed by atoms with van der Waals surface area (Å²) in [5, 5.41) is 5.74. The topological polar surface area (TPSA) is 62.3 Å². The minimum absolute atomic E-state index is 0.0471. The molecule has 1 aliphatic rings. The van der Waals surface area contributed by atoms with E-state index < -0.39 is 0 Å². The SMILES string of the molecule is CNC(=O)C1CCN(C(=O)Cc2csc(C(C)C)n2)CC1. The summed E-state index contributed by atoms with van der Waals surface area (Å²) in [6.45, 7) is 5.54. The third-order valence-corrected chi connectivity index (χ3v) is 5.05. The number of nitrogens with one attached hydrogen (secondary N) is 1. The Morgan fingerprint density at radius 1 is 1.43 bits per heavy atom. The highest BCUT2D eigenvalue weighted by Gasteiger charge is 2.26. The molecular formula is C15H23N3O2S. The van der Waals surface area contributed by atoms with Crippen LogP contribution in [0.3, 0.4) is 0 Å². The molecule has 1 aromatic heterocycles. The highest BCUT2D eigenvalue weighted by molar-refractivity contribution is 7.09. The predicted octanol–water partition coefficient (Wildman–Crippen LogP) is 1.79. The quantitative estimate of drug-likeness (QED) is 0.922. The van der Waals surface area contributed by atoms with Crippen molar-refractivity contribution in [2.24, 2.45) is 5.92 Å². The van der Waals surface area contributed by atoms with Gasteiger partial charge in [-0.25, -0.2) is 4.98 Å². The summed E-state index contributed by atoms with van der Waals surface area (Å²) in [6, 6.07) is 0. The van der Waals surface area contributed by atoms with Crippen molar-refractivity contribution in [2.75, 3.05) is 20.1 Å². The Kier molecular flexibility index (Phi) is 5.33. The molecule has 0 aromatic carbocycles. The monoisotopic (exact) mass is 309 g/mol. The number of amides is 2. The molecule has 0 aliphatic carbocycles. The first kappa shape index (κ1) is 15.9. The molecule has 0 radical (unpaired) electrons. The minimum Gasteiger partial charge on any atom is -0.359 e. The summed E-state index contributed by atoms with van der Waals surface area (Å²) in [5.74, 6) is 0.655. The number of piperidine rings is 1. The van der Waals surface area contributed by atoms with Crippen molar-refractivity contribution in [3.05, 3.63) is 16.1 Å². The molecule has 21 heavy (non-hydrogen) atoms. The average Bonchev–Trinajstić information content (AvgIpc) is 2.95. The zero-order chi connectivity index (χ0) is 15.4. The van der Waals surface area contributed by atoms with Crippen LogP contribution in [0.25, 0.3) is 0 Å². The first-order valence-corrected chi connectivity index (χ1v) is 8.33. The van der Waals surface area contributed by atoms with E-state index in [1.54, 1.807) is 18.4 Å². The Labute approximate surface area is 129 Å². The summed E-state index contributed by atoms with van der Waals surface area (Å²) < 4.78 is 0. The molecule has 0 saturated carbocycles. The van der Waals surface area contributed by atoms with Crippen molar-refractivity contribution in [3.8, 4) is 0 Å². The molecule has 116 valence electrons. The third kappa shape index (κ3) is 4.03. The van der Waals surface area contributed by atoms with Gasteiger partial charge in [0.1, 0.15) is 0 Å². The Balaban J connectivity index is 1.85. The van der Waals surface area contributed by atoms with Crippen molar-refractivity contribution < 1.29 is 9.59 Å². The van der Waals surface area contributed by atoms with Crippen molar-refractivity contribution in [1.82, 2.24) is 15.2 Å². The molecule has 1 aromatic rings. The van der Waals surface area contributed by atoms with Gasteiger partial charge < -0.3 is 10.2 Å². The summed E-state index contributed by atoms with van der Waals surface area (Å²) in [6.07, 6.45) is 1.87. The maximum atomic E-state index is 12.3. The second kappa shape index (κ2) is 7.02. The van der Waals surface area contributed by atoms with Gasteiger partial charge in [-0.2, -0.15) is 0 Å². The standard InChI is InChI=1S/C15H23N3O2S/c1-10(2)15-17-12(9-21-15)8-13(19)18-6-4-11(5-7-18)14(20)16-3/h9-11H,4-8H2,1-3H3,(H,16,20). The molecule has 0 spiro atoms. The molecule has 2 rings (SSSR count). The van der Waals surface area contributed by atoms with E-state index in [4.69, 9.17) is 0 Å². The maximum absolute atomic E-state index is 12.3. The van der Waals surface area contributed by atoms with Crippen LogP contribution in [0.4, 0.5) is 0 Å². The third-order valence-electron chi connectivity index (χ3n) is 3.86. The predicted molar refractivity (Wildman–Crippen MR) is 83.3 cm³/mol. The number of carbonyl (C=O) groups excluding carboxylic acids is 2. The van der Waals surface area contributed by atoms with E-state index in [0.717, 1.165) is 23.5 Å². The molecule has 0 unspecified atom stereocenters. The summed E-state index contributed by atoms with van der Waals surface area (Å²) in [4.78, 5) is 30.2. The van der Waals surface area contributed by atoms with Crippen molar-refractivity contribution in [3.63, 3.8) is 0 Å². The minimum atomic E-state index is 0.0471. The average molecular weight is 309 g/mol.